The van der Waals surface area contributed by atoms with E-state index in [4.69, 9.17) is 0 Å². The third-order valence-corrected chi connectivity index (χ3v) is 14.0. The van der Waals surface area contributed by atoms with Crippen LogP contribution in [0.15, 0.2) is 183 Å². The molecule has 0 atom stereocenters. The van der Waals surface area contributed by atoms with Crippen LogP contribution < -0.4 is 0 Å². The van der Waals surface area contributed by atoms with Gasteiger partial charge in [0.2, 0.25) is 0 Å². The second kappa shape index (κ2) is 42.6. The molecule has 0 saturated heterocycles. The Morgan fingerprint density at radius 1 is 0.224 bits per heavy atom. The average molecular weight is 1140 g/mol. The molecule has 85 heavy (non-hydrogen) atoms. The minimum Gasteiger partial charge on any atom is -0.264 e. The van der Waals surface area contributed by atoms with Crippen molar-refractivity contribution in [3.63, 3.8) is 0 Å². The fourth-order valence-corrected chi connectivity index (χ4v) is 8.48. The van der Waals surface area contributed by atoms with Gasteiger partial charge in [0, 0.05) is 93.8 Å². The maximum atomic E-state index is 4.34. The lowest BCUT2D eigenvalue weighted by atomic mass is 10.0. The lowest BCUT2D eigenvalue weighted by Gasteiger charge is -2.03. The fraction of sp³-hybridized carbons (Fsp3) is 0.316. The van der Waals surface area contributed by atoms with Gasteiger partial charge in [-0.3, -0.25) is 29.9 Å². The summed E-state index contributed by atoms with van der Waals surface area (Å²) in [6, 6.07) is 43.8. The molecule has 0 aliphatic heterocycles. The lowest BCUT2D eigenvalue weighted by Crippen LogP contribution is -1.87. The van der Waals surface area contributed by atoms with E-state index >= 15 is 0 Å². The molecule has 6 nitrogen and oxygen atoms in total. The highest BCUT2D eigenvalue weighted by Gasteiger charge is 2.03. The monoisotopic (exact) mass is 1140 g/mol. The highest BCUT2D eigenvalue weighted by molar-refractivity contribution is 5.88. The zero-order valence-corrected chi connectivity index (χ0v) is 56.0. The fourth-order valence-electron chi connectivity index (χ4n) is 8.48. The topological polar surface area (TPSA) is 77.3 Å². The van der Waals surface area contributed by atoms with E-state index in [1.807, 2.05) is 176 Å². The molecule has 6 heterocycles. The maximum Gasteiger partial charge on any atom is 0.0704 e. The number of para-hydroxylation sites is 1. The summed E-state index contributed by atoms with van der Waals surface area (Å²) < 4.78 is 0. The van der Waals surface area contributed by atoms with Gasteiger partial charge in [0.15, 0.2) is 0 Å². The Kier molecular flexibility index (Phi) is 38.4. The zero-order chi connectivity index (χ0) is 63.3. The van der Waals surface area contributed by atoms with Crippen molar-refractivity contribution in [3.05, 3.63) is 250 Å². The van der Waals surface area contributed by atoms with Crippen LogP contribution in [0.25, 0.3) is 64.9 Å². The van der Waals surface area contributed by atoms with Crippen molar-refractivity contribution in [1.29, 1.82) is 0 Å². The van der Waals surface area contributed by atoms with Crippen LogP contribution in [-0.4, -0.2) is 29.9 Å². The van der Waals surface area contributed by atoms with E-state index in [0.29, 0.717) is 0 Å². The number of hydrogen-bond acceptors (Lipinski definition) is 6. The maximum absolute atomic E-state index is 4.34. The van der Waals surface area contributed by atoms with E-state index in [1.165, 1.54) is 115 Å². The molecule has 6 aromatic carbocycles. The third kappa shape index (κ3) is 22.4. The van der Waals surface area contributed by atoms with Crippen LogP contribution in [-0.2, 0) is 0 Å². The number of pyridine rings is 6. The molecule has 452 valence electrons. The Bertz CT molecular complexity index is 3160. The van der Waals surface area contributed by atoms with Gasteiger partial charge in [-0.2, -0.15) is 0 Å². The second-order valence-corrected chi connectivity index (χ2v) is 18.5. The molecule has 6 aromatic heterocycles. The van der Waals surface area contributed by atoms with E-state index in [0.717, 1.165) is 16.7 Å². The molecule has 0 fully saturated rings. The Balaban J connectivity index is 0.000000958. The summed E-state index contributed by atoms with van der Waals surface area (Å²) in [5, 5.41) is 12.7. The SMILES string of the molecule is C.CC.CC.CC.CC.CC.CC.Cc1ccc2ccncc2c1C.Cc1ccc2cnccc2c1C.Cc1ccc2cnccc2c1C.Cc1ccc2ncccc2c1C.Cc1cnc2ccccc2c1C.Cc1ncc2ccccc2c1C. The van der Waals surface area contributed by atoms with Gasteiger partial charge in [-0.1, -0.05) is 182 Å². The van der Waals surface area contributed by atoms with E-state index in [2.05, 4.69) is 203 Å². The quantitative estimate of drug-likeness (QED) is 0.151. The van der Waals surface area contributed by atoms with E-state index in [-0.39, 0.29) is 7.43 Å². The minimum absolute atomic E-state index is 0. The van der Waals surface area contributed by atoms with Crippen LogP contribution in [0.1, 0.15) is 157 Å². The summed E-state index contributed by atoms with van der Waals surface area (Å²) in [5.74, 6) is 0. The number of benzene rings is 6. The summed E-state index contributed by atoms with van der Waals surface area (Å²) in [6.45, 7) is 49.5. The third-order valence-electron chi connectivity index (χ3n) is 14.0. The second-order valence-electron chi connectivity index (χ2n) is 18.5. The molecule has 0 N–H and O–H groups in total. The van der Waals surface area contributed by atoms with Crippen LogP contribution in [0.5, 0.6) is 0 Å². The molecule has 12 aromatic rings. The Hall–Kier alpha value is -8.22. The average Bonchev–Trinajstić information content (AvgIpc) is 3.76. The molecule has 0 saturated carbocycles. The highest BCUT2D eigenvalue weighted by atomic mass is 14.7. The van der Waals surface area contributed by atoms with Crippen molar-refractivity contribution in [2.24, 2.45) is 0 Å². The lowest BCUT2D eigenvalue weighted by molar-refractivity contribution is 1.18. The summed E-state index contributed by atoms with van der Waals surface area (Å²) in [4.78, 5) is 25.2. The molecule has 0 spiro atoms. The number of hydrogen-bond donors (Lipinski definition) is 0. The van der Waals surface area contributed by atoms with Gasteiger partial charge in [0.1, 0.15) is 0 Å². The first kappa shape index (κ1) is 76.8. The first-order valence-electron chi connectivity index (χ1n) is 30.6. The smallest absolute Gasteiger partial charge is 0.0704 e. The molecule has 0 aliphatic carbocycles. The van der Waals surface area contributed by atoms with Gasteiger partial charge in [-0.15, -0.1) is 0 Å². The minimum atomic E-state index is 0. The van der Waals surface area contributed by atoms with Crippen molar-refractivity contribution in [3.8, 4) is 0 Å². The van der Waals surface area contributed by atoms with E-state index in [9.17, 15) is 0 Å². The van der Waals surface area contributed by atoms with E-state index < -0.39 is 0 Å². The van der Waals surface area contributed by atoms with Crippen LogP contribution in [0.4, 0.5) is 0 Å². The molecule has 6 heteroatoms. The van der Waals surface area contributed by atoms with Gasteiger partial charge in [-0.25, -0.2) is 0 Å². The van der Waals surface area contributed by atoms with Crippen molar-refractivity contribution in [2.45, 2.75) is 174 Å². The summed E-state index contributed by atoms with van der Waals surface area (Å²) >= 11 is 0. The number of nitrogens with zero attached hydrogens (tertiary/aromatic N) is 6. The number of aromatic nitrogens is 6. The Labute approximate surface area is 515 Å². The molecule has 0 radical (unpaired) electrons. The van der Waals surface area contributed by atoms with Crippen molar-refractivity contribution in [2.75, 3.05) is 0 Å². The largest absolute Gasteiger partial charge is 0.264 e. The molecular weight excluding hydrogens is 1030 g/mol. The van der Waals surface area contributed by atoms with Gasteiger partial charge >= 0.3 is 0 Å². The number of fused-ring (bicyclic) bond motifs is 6. The summed E-state index contributed by atoms with van der Waals surface area (Å²) in [6.07, 6.45) is 16.9. The van der Waals surface area contributed by atoms with Crippen LogP contribution >= 0.6 is 0 Å². The predicted molar refractivity (Wildman–Crippen MR) is 382 cm³/mol. The molecule has 0 unspecified atom stereocenters. The first-order chi connectivity index (χ1) is 40.7. The highest BCUT2D eigenvalue weighted by Crippen LogP contribution is 2.24. The van der Waals surface area contributed by atoms with Gasteiger partial charge < -0.3 is 0 Å². The van der Waals surface area contributed by atoms with Gasteiger partial charge in [0.05, 0.1) is 11.0 Å². The van der Waals surface area contributed by atoms with Gasteiger partial charge in [0.25, 0.3) is 0 Å². The van der Waals surface area contributed by atoms with Crippen LogP contribution in [0, 0.1) is 83.1 Å². The Morgan fingerprint density at radius 3 is 1.12 bits per heavy atom. The van der Waals surface area contributed by atoms with Crippen molar-refractivity contribution < 1.29 is 0 Å². The number of rotatable bonds is 0. The standard InChI is InChI=1S/6C11H11N.6C2H6.CH4/c2*1-8-3-4-10-7-12-6-5-11(10)9(8)2;1-8-3-4-10-5-6-12-7-11(10)9(8)2;1-8-5-6-11-10(9(8)2)4-3-7-12-11;1-8-9(2)12-7-10-5-3-4-6-11(8)10;1-8-7-12-11-6-4-3-5-10(11)9(8)2;6*1-2;/h6*3-7H,1-2H3;6*1-2H3;1H4. The molecule has 0 bridgehead atoms. The molecule has 0 amide bonds. The summed E-state index contributed by atoms with van der Waals surface area (Å²) in [7, 11) is 0. The van der Waals surface area contributed by atoms with E-state index in [1.54, 1.807) is 0 Å². The molecular formula is C79H106N6. The Morgan fingerprint density at radius 2 is 0.588 bits per heavy atom. The normalized spacial score (nSPS) is 9.32. The number of aryl methyl sites for hydroxylation is 12. The molecule has 0 aliphatic rings. The first-order valence-corrected chi connectivity index (χ1v) is 30.6. The summed E-state index contributed by atoms with van der Waals surface area (Å²) in [5.41, 5.74) is 17.9. The zero-order valence-electron chi connectivity index (χ0n) is 56.0. The van der Waals surface area contributed by atoms with Crippen molar-refractivity contribution >= 4 is 64.9 Å². The van der Waals surface area contributed by atoms with Crippen LogP contribution in [0.2, 0.25) is 0 Å². The van der Waals surface area contributed by atoms with Gasteiger partial charge in [-0.05, 0) is 202 Å². The van der Waals surface area contributed by atoms with Crippen molar-refractivity contribution in [1.82, 2.24) is 29.9 Å². The predicted octanol–water partition coefficient (Wildman–Crippen LogP) is 23.9. The molecule has 12 rings (SSSR count). The van der Waals surface area contributed by atoms with Crippen LogP contribution in [0.3, 0.4) is 0 Å².